The molecule has 1 unspecified atom stereocenters. The minimum atomic E-state index is -0.222. The number of hydrogen-bond acceptors (Lipinski definition) is 3. The van der Waals surface area contributed by atoms with Crippen molar-refractivity contribution in [3.05, 3.63) is 24.3 Å². The molecule has 1 rings (SSSR count). The van der Waals surface area contributed by atoms with Crippen LogP contribution < -0.4 is 15.5 Å². The van der Waals surface area contributed by atoms with E-state index in [-0.39, 0.29) is 18.7 Å². The van der Waals surface area contributed by atoms with Gasteiger partial charge in [0.2, 0.25) is 0 Å². The zero-order valence-corrected chi connectivity index (χ0v) is 11.8. The Hall–Kier alpha value is -1.75. The van der Waals surface area contributed by atoms with Gasteiger partial charge in [-0.05, 0) is 31.9 Å². The molecule has 0 bridgehead atoms. The highest BCUT2D eigenvalue weighted by Crippen LogP contribution is 2.23. The number of carbonyl (C=O) groups excluding carboxylic acids is 1. The van der Waals surface area contributed by atoms with Gasteiger partial charge in [0.1, 0.15) is 0 Å². The zero-order chi connectivity index (χ0) is 14.3. The quantitative estimate of drug-likeness (QED) is 0.737. The zero-order valence-electron chi connectivity index (χ0n) is 11.8. The van der Waals surface area contributed by atoms with Crippen molar-refractivity contribution in [3.8, 4) is 0 Å². The second-order valence-electron chi connectivity index (χ2n) is 4.78. The number of nitrogens with zero attached hydrogens (tertiary/aromatic N) is 1. The van der Waals surface area contributed by atoms with Crippen molar-refractivity contribution in [2.24, 2.45) is 0 Å². The Morgan fingerprint density at radius 1 is 1.37 bits per heavy atom. The average Bonchev–Trinajstić information content (AvgIpc) is 2.36. The number of para-hydroxylation sites is 2. The molecule has 3 N–H and O–H groups in total. The number of anilines is 2. The molecule has 0 saturated carbocycles. The van der Waals surface area contributed by atoms with Gasteiger partial charge in [0, 0.05) is 26.7 Å². The predicted octanol–water partition coefficient (Wildman–Crippen LogP) is 2.04. The van der Waals surface area contributed by atoms with Crippen LogP contribution in [-0.2, 0) is 0 Å². The van der Waals surface area contributed by atoms with Crippen molar-refractivity contribution in [1.82, 2.24) is 5.32 Å². The van der Waals surface area contributed by atoms with Crippen LogP contribution in [-0.4, -0.2) is 37.9 Å². The number of urea groups is 1. The molecular formula is C14H23N3O2. The maximum absolute atomic E-state index is 11.9. The lowest BCUT2D eigenvalue weighted by atomic mass is 10.2. The Morgan fingerprint density at radius 3 is 2.68 bits per heavy atom. The van der Waals surface area contributed by atoms with E-state index < -0.39 is 0 Å². The molecule has 2 amide bonds. The highest BCUT2D eigenvalue weighted by atomic mass is 16.3. The fraction of sp³-hybridized carbons (Fsp3) is 0.500. The average molecular weight is 265 g/mol. The summed E-state index contributed by atoms with van der Waals surface area (Å²) in [7, 11) is 3.87. The molecule has 1 atom stereocenters. The number of hydrogen-bond donors (Lipinski definition) is 3. The third-order valence-corrected chi connectivity index (χ3v) is 2.81. The first-order chi connectivity index (χ1) is 9.04. The van der Waals surface area contributed by atoms with Crippen LogP contribution in [0.15, 0.2) is 24.3 Å². The number of benzene rings is 1. The van der Waals surface area contributed by atoms with Crippen molar-refractivity contribution in [1.29, 1.82) is 0 Å². The lowest BCUT2D eigenvalue weighted by Crippen LogP contribution is -2.36. The van der Waals surface area contributed by atoms with Gasteiger partial charge in [-0.1, -0.05) is 12.1 Å². The molecule has 0 aromatic heterocycles. The summed E-state index contributed by atoms with van der Waals surface area (Å²) in [5.74, 6) is 0. The van der Waals surface area contributed by atoms with E-state index in [1.165, 1.54) is 0 Å². The number of nitrogens with one attached hydrogen (secondary N) is 2. The fourth-order valence-electron chi connectivity index (χ4n) is 1.82. The Bertz CT molecular complexity index is 407. The predicted molar refractivity (Wildman–Crippen MR) is 78.7 cm³/mol. The molecule has 106 valence electrons. The van der Waals surface area contributed by atoms with Crippen LogP contribution in [0.4, 0.5) is 16.2 Å². The number of aliphatic hydroxyl groups is 1. The van der Waals surface area contributed by atoms with Gasteiger partial charge in [-0.2, -0.15) is 0 Å². The molecule has 0 aliphatic heterocycles. The molecule has 0 spiro atoms. The number of rotatable bonds is 6. The molecule has 19 heavy (non-hydrogen) atoms. The molecule has 0 heterocycles. The number of amides is 2. The highest BCUT2D eigenvalue weighted by molar-refractivity contribution is 5.93. The van der Waals surface area contributed by atoms with E-state index in [4.69, 9.17) is 5.11 Å². The lowest BCUT2D eigenvalue weighted by molar-refractivity contribution is 0.245. The molecular weight excluding hydrogens is 242 g/mol. The summed E-state index contributed by atoms with van der Waals surface area (Å²) in [6.45, 7) is 2.07. The topological polar surface area (TPSA) is 64.6 Å². The van der Waals surface area contributed by atoms with Crippen LogP contribution in [0, 0.1) is 0 Å². The van der Waals surface area contributed by atoms with Gasteiger partial charge >= 0.3 is 6.03 Å². The minimum absolute atomic E-state index is 0.0404. The summed E-state index contributed by atoms with van der Waals surface area (Å²) in [6, 6.07) is 7.46. The summed E-state index contributed by atoms with van der Waals surface area (Å²) in [4.78, 5) is 13.8. The van der Waals surface area contributed by atoms with Gasteiger partial charge in [-0.15, -0.1) is 0 Å². The van der Waals surface area contributed by atoms with Crippen molar-refractivity contribution in [3.63, 3.8) is 0 Å². The number of carbonyl (C=O) groups is 1. The van der Waals surface area contributed by atoms with E-state index in [1.54, 1.807) is 0 Å². The molecule has 0 aliphatic rings. The third-order valence-electron chi connectivity index (χ3n) is 2.81. The van der Waals surface area contributed by atoms with E-state index in [1.807, 2.05) is 50.2 Å². The Balaban J connectivity index is 2.57. The second kappa shape index (κ2) is 7.63. The maximum Gasteiger partial charge on any atom is 0.319 e. The van der Waals surface area contributed by atoms with E-state index in [0.717, 1.165) is 17.8 Å². The van der Waals surface area contributed by atoms with Gasteiger partial charge in [0.25, 0.3) is 0 Å². The van der Waals surface area contributed by atoms with Crippen LogP contribution in [0.5, 0.6) is 0 Å². The standard InChI is InChI=1S/C14H23N3O2/c1-11(7-6-10-18)15-14(19)16-12-8-4-5-9-13(12)17(2)3/h4-5,8-9,11,18H,6-7,10H2,1-3H3,(H2,15,16,19). The molecule has 0 aliphatic carbocycles. The Kier molecular flexibility index (Phi) is 6.15. The fourth-order valence-corrected chi connectivity index (χ4v) is 1.82. The maximum atomic E-state index is 11.9. The SMILES string of the molecule is CC(CCCO)NC(=O)Nc1ccccc1N(C)C. The summed E-state index contributed by atoms with van der Waals surface area (Å²) in [6.07, 6.45) is 1.45. The van der Waals surface area contributed by atoms with E-state index in [0.29, 0.717) is 6.42 Å². The van der Waals surface area contributed by atoms with Gasteiger partial charge in [-0.3, -0.25) is 0 Å². The molecule has 1 aromatic rings. The van der Waals surface area contributed by atoms with Crippen molar-refractivity contribution >= 4 is 17.4 Å². The van der Waals surface area contributed by atoms with E-state index in [9.17, 15) is 4.79 Å². The molecule has 0 radical (unpaired) electrons. The van der Waals surface area contributed by atoms with Crippen LogP contribution >= 0.6 is 0 Å². The smallest absolute Gasteiger partial charge is 0.319 e. The van der Waals surface area contributed by atoms with Crippen LogP contribution in [0.2, 0.25) is 0 Å². The minimum Gasteiger partial charge on any atom is -0.396 e. The summed E-state index contributed by atoms with van der Waals surface area (Å²) in [5, 5.41) is 14.4. The van der Waals surface area contributed by atoms with Crippen molar-refractivity contribution in [2.75, 3.05) is 30.9 Å². The van der Waals surface area contributed by atoms with Crippen molar-refractivity contribution in [2.45, 2.75) is 25.8 Å². The largest absolute Gasteiger partial charge is 0.396 e. The van der Waals surface area contributed by atoms with E-state index >= 15 is 0 Å². The first kappa shape index (κ1) is 15.3. The number of aliphatic hydroxyl groups excluding tert-OH is 1. The monoisotopic (exact) mass is 265 g/mol. The van der Waals surface area contributed by atoms with Crippen LogP contribution in [0.1, 0.15) is 19.8 Å². The summed E-state index contributed by atoms with van der Waals surface area (Å²) < 4.78 is 0. The van der Waals surface area contributed by atoms with Gasteiger partial charge in [0.05, 0.1) is 11.4 Å². The summed E-state index contributed by atoms with van der Waals surface area (Å²) in [5.41, 5.74) is 1.74. The van der Waals surface area contributed by atoms with Gasteiger partial charge < -0.3 is 20.6 Å². The van der Waals surface area contributed by atoms with Crippen LogP contribution in [0.25, 0.3) is 0 Å². The highest BCUT2D eigenvalue weighted by Gasteiger charge is 2.10. The van der Waals surface area contributed by atoms with Crippen molar-refractivity contribution < 1.29 is 9.90 Å². The molecule has 5 heteroatoms. The normalized spacial score (nSPS) is 11.8. The molecule has 1 aromatic carbocycles. The molecule has 0 saturated heterocycles. The first-order valence-corrected chi connectivity index (χ1v) is 6.49. The molecule has 0 fully saturated rings. The second-order valence-corrected chi connectivity index (χ2v) is 4.78. The van der Waals surface area contributed by atoms with Gasteiger partial charge in [-0.25, -0.2) is 4.79 Å². The lowest BCUT2D eigenvalue weighted by Gasteiger charge is -2.19. The van der Waals surface area contributed by atoms with Crippen LogP contribution in [0.3, 0.4) is 0 Å². The van der Waals surface area contributed by atoms with E-state index in [2.05, 4.69) is 10.6 Å². The Morgan fingerprint density at radius 2 is 2.05 bits per heavy atom. The van der Waals surface area contributed by atoms with Gasteiger partial charge in [0.15, 0.2) is 0 Å². The summed E-state index contributed by atoms with van der Waals surface area (Å²) >= 11 is 0. The third kappa shape index (κ3) is 5.18. The first-order valence-electron chi connectivity index (χ1n) is 6.49. The Labute approximate surface area is 114 Å². The molecule has 5 nitrogen and oxygen atoms in total.